The van der Waals surface area contributed by atoms with Gasteiger partial charge < -0.3 is 20.0 Å². The van der Waals surface area contributed by atoms with Gasteiger partial charge in [-0.15, -0.1) is 0 Å². The molecule has 4 rings (SSSR count). The summed E-state index contributed by atoms with van der Waals surface area (Å²) in [6.07, 6.45) is 8.56. The van der Waals surface area contributed by atoms with Crippen molar-refractivity contribution in [1.82, 2.24) is 5.32 Å². The predicted octanol–water partition coefficient (Wildman–Crippen LogP) is 3.13. The number of benzene rings is 1. The van der Waals surface area contributed by atoms with Crippen LogP contribution in [-0.4, -0.2) is 24.2 Å². The van der Waals surface area contributed by atoms with Gasteiger partial charge >= 0.3 is 6.03 Å². The first-order valence-corrected chi connectivity index (χ1v) is 10.3. The normalized spacial score (nSPS) is 27.1. The Morgan fingerprint density at radius 3 is 2.63 bits per heavy atom. The van der Waals surface area contributed by atoms with Crippen molar-refractivity contribution in [2.45, 2.75) is 70.1 Å². The summed E-state index contributed by atoms with van der Waals surface area (Å²) in [5.74, 6) is 1.07. The van der Waals surface area contributed by atoms with Gasteiger partial charge in [0.05, 0.1) is 18.3 Å². The molecule has 144 valence electrons. The third kappa shape index (κ3) is 4.19. The Morgan fingerprint density at radius 1 is 1.15 bits per heavy atom. The van der Waals surface area contributed by atoms with Crippen LogP contribution in [0.2, 0.25) is 0 Å². The molecule has 3 N–H and O–H groups in total. The van der Waals surface area contributed by atoms with E-state index >= 15 is 0 Å². The first-order valence-electron chi connectivity index (χ1n) is 10.3. The second kappa shape index (κ2) is 8.17. The summed E-state index contributed by atoms with van der Waals surface area (Å²) in [5, 5.41) is 6.29. The quantitative estimate of drug-likeness (QED) is 0.759. The topological polar surface area (TPSA) is 58.7 Å². The fourth-order valence-electron chi connectivity index (χ4n) is 4.95. The summed E-state index contributed by atoms with van der Waals surface area (Å²) < 4.78 is 5.58. The summed E-state index contributed by atoms with van der Waals surface area (Å²) in [5.41, 5.74) is 2.08. The van der Waals surface area contributed by atoms with Crippen LogP contribution in [0, 0.1) is 0 Å². The van der Waals surface area contributed by atoms with E-state index < -0.39 is 0 Å². The van der Waals surface area contributed by atoms with Crippen LogP contribution in [0.3, 0.4) is 0 Å². The Hall–Kier alpha value is -2.27. The van der Waals surface area contributed by atoms with Crippen LogP contribution < -0.4 is 15.5 Å². The van der Waals surface area contributed by atoms with Crippen molar-refractivity contribution >= 4 is 11.7 Å². The van der Waals surface area contributed by atoms with E-state index in [1.54, 1.807) is 11.2 Å². The number of rotatable bonds is 5. The van der Waals surface area contributed by atoms with E-state index in [-0.39, 0.29) is 12.1 Å². The summed E-state index contributed by atoms with van der Waals surface area (Å²) in [6, 6.07) is 13.5. The predicted molar refractivity (Wildman–Crippen MR) is 106 cm³/mol. The van der Waals surface area contributed by atoms with Gasteiger partial charge in [0.2, 0.25) is 0 Å². The molecule has 0 unspecified atom stereocenters. The van der Waals surface area contributed by atoms with Crippen molar-refractivity contribution in [2.75, 3.05) is 5.32 Å². The lowest BCUT2D eigenvalue weighted by Crippen LogP contribution is -3.20. The van der Waals surface area contributed by atoms with E-state index in [0.717, 1.165) is 37.3 Å². The van der Waals surface area contributed by atoms with Crippen LogP contribution in [0.25, 0.3) is 0 Å². The molecule has 2 aliphatic rings. The minimum absolute atomic E-state index is 0.0755. The zero-order valence-electron chi connectivity index (χ0n) is 16.0. The van der Waals surface area contributed by atoms with Crippen LogP contribution in [0.5, 0.6) is 0 Å². The number of aryl methyl sites for hydroxylation is 1. The molecular formula is C22H30N3O2+. The van der Waals surface area contributed by atoms with Crippen molar-refractivity contribution in [2.24, 2.45) is 0 Å². The SMILES string of the molecule is CCc1ccccc1NC(=O)NC1C[C@H]2CCC[C@H](C1)[NH+]2Cc1ccco1. The zero-order valence-corrected chi connectivity index (χ0v) is 16.0. The van der Waals surface area contributed by atoms with Crippen molar-refractivity contribution in [3.05, 3.63) is 54.0 Å². The number of quaternary nitrogens is 1. The highest BCUT2D eigenvalue weighted by molar-refractivity contribution is 5.90. The molecule has 2 amide bonds. The van der Waals surface area contributed by atoms with Gasteiger partial charge in [-0.25, -0.2) is 4.79 Å². The molecule has 0 radical (unpaired) electrons. The first-order chi connectivity index (χ1) is 13.2. The molecular weight excluding hydrogens is 338 g/mol. The number of amides is 2. The Kier molecular flexibility index (Phi) is 5.48. The summed E-state index contributed by atoms with van der Waals surface area (Å²) >= 11 is 0. The highest BCUT2D eigenvalue weighted by Gasteiger charge is 2.42. The van der Waals surface area contributed by atoms with Crippen LogP contribution in [-0.2, 0) is 13.0 Å². The number of para-hydroxylation sites is 1. The van der Waals surface area contributed by atoms with Crippen molar-refractivity contribution in [3.63, 3.8) is 0 Å². The summed E-state index contributed by atoms with van der Waals surface area (Å²) in [6.45, 7) is 3.07. The van der Waals surface area contributed by atoms with Crippen molar-refractivity contribution < 1.29 is 14.1 Å². The minimum Gasteiger partial charge on any atom is -0.463 e. The number of furan rings is 1. The molecule has 3 heterocycles. The lowest BCUT2D eigenvalue weighted by molar-refractivity contribution is -0.974. The Balaban J connectivity index is 1.36. The lowest BCUT2D eigenvalue weighted by atomic mass is 9.81. The molecule has 5 nitrogen and oxygen atoms in total. The first kappa shape index (κ1) is 18.1. The smallest absolute Gasteiger partial charge is 0.319 e. The zero-order chi connectivity index (χ0) is 18.6. The molecule has 2 fully saturated rings. The van der Waals surface area contributed by atoms with Crippen LogP contribution in [0.15, 0.2) is 47.1 Å². The number of urea groups is 1. The van der Waals surface area contributed by atoms with Gasteiger partial charge in [-0.3, -0.25) is 0 Å². The van der Waals surface area contributed by atoms with E-state index in [1.807, 2.05) is 24.3 Å². The standard InChI is InChI=1S/C22H29N3O2/c1-2-16-7-3-4-11-21(16)24-22(26)23-17-13-18-8-5-9-19(14-17)25(18)15-20-10-6-12-27-20/h3-4,6-7,10-12,17-19H,2,5,8-9,13-15H2,1H3,(H2,23,24,26)/p+1/t18-,19-/m1/s1. The van der Waals surface area contributed by atoms with E-state index in [1.165, 1.54) is 24.8 Å². The maximum atomic E-state index is 12.6. The molecule has 0 saturated carbocycles. The Bertz CT molecular complexity index is 745. The molecule has 27 heavy (non-hydrogen) atoms. The Morgan fingerprint density at radius 2 is 1.93 bits per heavy atom. The van der Waals surface area contributed by atoms with Gasteiger partial charge in [-0.1, -0.05) is 25.1 Å². The Labute approximate surface area is 161 Å². The minimum atomic E-state index is -0.0755. The molecule has 0 spiro atoms. The van der Waals surface area contributed by atoms with E-state index in [4.69, 9.17) is 4.42 Å². The molecule has 2 atom stereocenters. The number of piperidine rings is 2. The monoisotopic (exact) mass is 368 g/mol. The number of carbonyl (C=O) groups excluding carboxylic acids is 1. The van der Waals surface area contributed by atoms with E-state index in [2.05, 4.69) is 29.7 Å². The highest BCUT2D eigenvalue weighted by Crippen LogP contribution is 2.23. The number of fused-ring (bicyclic) bond motifs is 2. The van der Waals surface area contributed by atoms with Crippen LogP contribution in [0.4, 0.5) is 10.5 Å². The average molecular weight is 369 g/mol. The van der Waals surface area contributed by atoms with Gasteiger partial charge in [0, 0.05) is 24.6 Å². The molecule has 2 aliphatic heterocycles. The van der Waals surface area contributed by atoms with Crippen molar-refractivity contribution in [3.8, 4) is 0 Å². The van der Waals surface area contributed by atoms with Gasteiger partial charge in [-0.05, 0) is 49.4 Å². The largest absolute Gasteiger partial charge is 0.463 e. The van der Waals surface area contributed by atoms with Gasteiger partial charge in [-0.2, -0.15) is 0 Å². The van der Waals surface area contributed by atoms with Crippen LogP contribution in [0.1, 0.15) is 50.4 Å². The van der Waals surface area contributed by atoms with E-state index in [0.29, 0.717) is 12.1 Å². The highest BCUT2D eigenvalue weighted by atomic mass is 16.3. The fraction of sp³-hybridized carbons (Fsp3) is 0.500. The maximum Gasteiger partial charge on any atom is 0.319 e. The van der Waals surface area contributed by atoms with Gasteiger partial charge in [0.1, 0.15) is 6.54 Å². The fourth-order valence-corrected chi connectivity index (χ4v) is 4.95. The third-order valence-corrected chi connectivity index (χ3v) is 6.23. The number of hydrogen-bond donors (Lipinski definition) is 3. The van der Waals surface area contributed by atoms with Crippen LogP contribution >= 0.6 is 0 Å². The lowest BCUT2D eigenvalue weighted by Gasteiger charge is -2.45. The number of nitrogens with one attached hydrogen (secondary N) is 3. The summed E-state index contributed by atoms with van der Waals surface area (Å²) in [7, 11) is 0. The molecule has 0 aliphatic carbocycles. The number of hydrogen-bond acceptors (Lipinski definition) is 2. The molecule has 1 aromatic carbocycles. The molecule has 5 heteroatoms. The van der Waals surface area contributed by atoms with Gasteiger partial charge in [0.15, 0.2) is 5.76 Å². The van der Waals surface area contributed by atoms with E-state index in [9.17, 15) is 4.79 Å². The summed E-state index contributed by atoms with van der Waals surface area (Å²) in [4.78, 5) is 14.2. The molecule has 2 bridgehead atoms. The maximum absolute atomic E-state index is 12.6. The number of carbonyl (C=O) groups is 1. The molecule has 2 aromatic rings. The molecule has 2 saturated heterocycles. The third-order valence-electron chi connectivity index (χ3n) is 6.23. The second-order valence-electron chi connectivity index (χ2n) is 7.93. The number of anilines is 1. The second-order valence-corrected chi connectivity index (χ2v) is 7.93. The average Bonchev–Trinajstić information content (AvgIpc) is 3.16. The van der Waals surface area contributed by atoms with Gasteiger partial charge in [0.25, 0.3) is 0 Å². The van der Waals surface area contributed by atoms with Crippen molar-refractivity contribution in [1.29, 1.82) is 0 Å². The molecule has 1 aromatic heterocycles.